The van der Waals surface area contributed by atoms with E-state index in [-0.39, 0.29) is 5.41 Å². The highest BCUT2D eigenvalue weighted by atomic mass is 16.5. The zero-order valence-electron chi connectivity index (χ0n) is 11.7. The molecule has 0 saturated carbocycles. The van der Waals surface area contributed by atoms with E-state index in [9.17, 15) is 5.21 Å². The second-order valence-corrected chi connectivity index (χ2v) is 5.74. The van der Waals surface area contributed by atoms with E-state index in [4.69, 9.17) is 4.74 Å². The van der Waals surface area contributed by atoms with Gasteiger partial charge < -0.3 is 9.94 Å². The minimum Gasteiger partial charge on any atom is -0.618 e. The summed E-state index contributed by atoms with van der Waals surface area (Å²) in [7, 11) is 0. The fourth-order valence-electron chi connectivity index (χ4n) is 2.44. The Bertz CT molecular complexity index is 674. The molecule has 1 aliphatic rings. The first-order valence-electron chi connectivity index (χ1n) is 6.70. The predicted molar refractivity (Wildman–Crippen MR) is 78.2 cm³/mol. The van der Waals surface area contributed by atoms with Crippen molar-refractivity contribution in [3.05, 3.63) is 71.2 Å². The quantitative estimate of drug-likeness (QED) is 0.587. The van der Waals surface area contributed by atoms with E-state index in [2.05, 4.69) is 19.9 Å². The van der Waals surface area contributed by atoms with Crippen molar-refractivity contribution in [3.63, 3.8) is 0 Å². The van der Waals surface area contributed by atoms with Crippen molar-refractivity contribution in [3.8, 4) is 5.75 Å². The van der Waals surface area contributed by atoms with Gasteiger partial charge in [0.1, 0.15) is 5.75 Å². The predicted octanol–water partition coefficient (Wildman–Crippen LogP) is 3.17. The normalized spacial score (nSPS) is 16.6. The van der Waals surface area contributed by atoms with E-state index < -0.39 is 0 Å². The standard InChI is InChI=1S/C17H17NO2/c1-17(2)11-14(15-8-5-6-10-18(15)19)13-7-3-4-9-16(13)20-12-17/h3-11H,12H2,1-2H3. The summed E-state index contributed by atoms with van der Waals surface area (Å²) in [6.07, 6.45) is 3.65. The van der Waals surface area contributed by atoms with Gasteiger partial charge in [-0.2, -0.15) is 4.73 Å². The first kappa shape index (κ1) is 12.7. The van der Waals surface area contributed by atoms with Gasteiger partial charge in [0.2, 0.25) is 5.69 Å². The molecule has 0 aliphatic carbocycles. The van der Waals surface area contributed by atoms with Gasteiger partial charge in [-0.1, -0.05) is 38.1 Å². The summed E-state index contributed by atoms with van der Waals surface area (Å²) < 4.78 is 6.80. The van der Waals surface area contributed by atoms with E-state index in [1.54, 1.807) is 6.07 Å². The number of benzene rings is 1. The Morgan fingerprint density at radius 2 is 1.85 bits per heavy atom. The maximum Gasteiger partial charge on any atom is 0.224 e. The smallest absolute Gasteiger partial charge is 0.224 e. The molecule has 1 aliphatic heterocycles. The Kier molecular flexibility index (Phi) is 2.97. The van der Waals surface area contributed by atoms with Crippen LogP contribution < -0.4 is 9.47 Å². The van der Waals surface area contributed by atoms with E-state index in [1.807, 2.05) is 36.4 Å². The minimum atomic E-state index is -0.128. The Morgan fingerprint density at radius 1 is 1.10 bits per heavy atom. The molecule has 0 N–H and O–H groups in total. The van der Waals surface area contributed by atoms with Crippen LogP contribution in [0.1, 0.15) is 25.1 Å². The third-order valence-electron chi connectivity index (χ3n) is 3.41. The van der Waals surface area contributed by atoms with Crippen molar-refractivity contribution >= 4 is 5.57 Å². The average molecular weight is 267 g/mol. The number of aromatic nitrogens is 1. The van der Waals surface area contributed by atoms with E-state index in [0.29, 0.717) is 12.3 Å². The van der Waals surface area contributed by atoms with Gasteiger partial charge in [-0.3, -0.25) is 0 Å². The molecule has 0 fully saturated rings. The average Bonchev–Trinajstić information content (AvgIpc) is 2.57. The number of para-hydroxylation sites is 1. The van der Waals surface area contributed by atoms with Crippen molar-refractivity contribution in [2.45, 2.75) is 13.8 Å². The van der Waals surface area contributed by atoms with Gasteiger partial charge in [0, 0.05) is 23.1 Å². The van der Waals surface area contributed by atoms with Crippen LogP contribution in [-0.2, 0) is 0 Å². The van der Waals surface area contributed by atoms with Gasteiger partial charge in [-0.05, 0) is 12.1 Å². The number of rotatable bonds is 1. The first-order chi connectivity index (χ1) is 9.57. The molecule has 3 rings (SSSR count). The second-order valence-electron chi connectivity index (χ2n) is 5.74. The lowest BCUT2D eigenvalue weighted by atomic mass is 9.89. The molecule has 0 radical (unpaired) electrons. The highest BCUT2D eigenvalue weighted by Crippen LogP contribution is 2.37. The lowest BCUT2D eigenvalue weighted by Crippen LogP contribution is -2.30. The van der Waals surface area contributed by atoms with Crippen molar-refractivity contribution in [1.82, 2.24) is 0 Å². The van der Waals surface area contributed by atoms with Crippen molar-refractivity contribution in [1.29, 1.82) is 0 Å². The van der Waals surface area contributed by atoms with E-state index in [1.165, 1.54) is 6.20 Å². The number of ether oxygens (including phenoxy) is 1. The molecule has 3 nitrogen and oxygen atoms in total. The van der Waals surface area contributed by atoms with Crippen molar-refractivity contribution in [2.24, 2.45) is 5.41 Å². The largest absolute Gasteiger partial charge is 0.618 e. The molecular formula is C17H17NO2. The summed E-state index contributed by atoms with van der Waals surface area (Å²) in [5.41, 5.74) is 2.42. The van der Waals surface area contributed by atoms with Crippen molar-refractivity contribution in [2.75, 3.05) is 6.61 Å². The third kappa shape index (κ3) is 2.27. The Labute approximate surface area is 118 Å². The summed E-state index contributed by atoms with van der Waals surface area (Å²) in [6.45, 7) is 4.81. The molecule has 102 valence electrons. The topological polar surface area (TPSA) is 36.2 Å². The van der Waals surface area contributed by atoms with E-state index in [0.717, 1.165) is 21.6 Å². The summed E-state index contributed by atoms with van der Waals surface area (Å²) >= 11 is 0. The second kappa shape index (κ2) is 4.67. The van der Waals surface area contributed by atoms with Crippen LogP contribution in [0.2, 0.25) is 0 Å². The lowest BCUT2D eigenvalue weighted by Gasteiger charge is -2.18. The molecule has 0 spiro atoms. The molecule has 0 bridgehead atoms. The summed E-state index contributed by atoms with van der Waals surface area (Å²) in [6, 6.07) is 13.3. The summed E-state index contributed by atoms with van der Waals surface area (Å²) in [5, 5.41) is 12.1. The van der Waals surface area contributed by atoms with Gasteiger partial charge in [0.25, 0.3) is 0 Å². The van der Waals surface area contributed by atoms with Gasteiger partial charge >= 0.3 is 0 Å². The molecule has 0 unspecified atom stereocenters. The fraction of sp³-hybridized carbons (Fsp3) is 0.235. The molecule has 20 heavy (non-hydrogen) atoms. The lowest BCUT2D eigenvalue weighted by molar-refractivity contribution is -0.607. The highest BCUT2D eigenvalue weighted by Gasteiger charge is 2.27. The molecule has 0 amide bonds. The minimum absolute atomic E-state index is 0.128. The number of pyridine rings is 1. The zero-order chi connectivity index (χ0) is 14.2. The summed E-state index contributed by atoms with van der Waals surface area (Å²) in [4.78, 5) is 0. The molecule has 2 heterocycles. The maximum absolute atomic E-state index is 12.1. The fourth-order valence-corrected chi connectivity index (χ4v) is 2.44. The zero-order valence-corrected chi connectivity index (χ0v) is 11.7. The molecule has 0 atom stereocenters. The highest BCUT2D eigenvalue weighted by molar-refractivity contribution is 5.81. The van der Waals surface area contributed by atoms with Crippen LogP contribution in [0.3, 0.4) is 0 Å². The number of fused-ring (bicyclic) bond motifs is 1. The van der Waals surface area contributed by atoms with Crippen LogP contribution in [-0.4, -0.2) is 6.61 Å². The SMILES string of the molecule is CC1(C)C=C(c2cccc[n+]2[O-])c2ccccc2OC1. The molecule has 2 aromatic rings. The molecule has 1 aromatic carbocycles. The van der Waals surface area contributed by atoms with Crippen LogP contribution in [0.4, 0.5) is 0 Å². The molecule has 0 saturated heterocycles. The molecular weight excluding hydrogens is 250 g/mol. The number of nitrogens with zero attached hydrogens (tertiary/aromatic N) is 1. The Hall–Kier alpha value is -2.29. The van der Waals surface area contributed by atoms with E-state index >= 15 is 0 Å². The first-order valence-corrected chi connectivity index (χ1v) is 6.70. The van der Waals surface area contributed by atoms with Crippen LogP contribution >= 0.6 is 0 Å². The van der Waals surface area contributed by atoms with Crippen LogP contribution in [0.15, 0.2) is 54.7 Å². The Balaban J connectivity index is 2.24. The van der Waals surface area contributed by atoms with Crippen LogP contribution in [0.25, 0.3) is 5.57 Å². The number of hydrogen-bond acceptors (Lipinski definition) is 2. The monoisotopic (exact) mass is 267 g/mol. The third-order valence-corrected chi connectivity index (χ3v) is 3.41. The van der Waals surface area contributed by atoms with Gasteiger partial charge in [0.05, 0.1) is 12.2 Å². The number of hydrogen-bond donors (Lipinski definition) is 0. The van der Waals surface area contributed by atoms with Gasteiger partial charge in [0.15, 0.2) is 6.20 Å². The molecule has 1 aromatic heterocycles. The van der Waals surface area contributed by atoms with Crippen LogP contribution in [0.5, 0.6) is 5.75 Å². The van der Waals surface area contributed by atoms with Gasteiger partial charge in [-0.25, -0.2) is 0 Å². The van der Waals surface area contributed by atoms with Crippen molar-refractivity contribution < 1.29 is 9.47 Å². The summed E-state index contributed by atoms with van der Waals surface area (Å²) in [5.74, 6) is 0.827. The molecule has 3 heteroatoms. The Morgan fingerprint density at radius 3 is 2.65 bits per heavy atom. The maximum atomic E-state index is 12.1. The van der Waals surface area contributed by atoms with Gasteiger partial charge in [-0.15, -0.1) is 0 Å². The van der Waals surface area contributed by atoms with Crippen LogP contribution in [0, 0.1) is 10.6 Å².